The highest BCUT2D eigenvalue weighted by molar-refractivity contribution is 6.22. The van der Waals surface area contributed by atoms with E-state index in [0.29, 0.717) is 0 Å². The number of rotatable bonds is 4. The molecule has 2 nitrogen and oxygen atoms in total. The lowest BCUT2D eigenvalue weighted by molar-refractivity contribution is 1.18. The van der Waals surface area contributed by atoms with E-state index in [0.717, 1.165) is 33.8 Å². The number of para-hydroxylation sites is 1. The third-order valence-corrected chi connectivity index (χ3v) is 9.94. The van der Waals surface area contributed by atoms with Crippen molar-refractivity contribution in [1.82, 2.24) is 9.55 Å². The molecule has 0 fully saturated rings. The van der Waals surface area contributed by atoms with Gasteiger partial charge in [0.1, 0.15) is 0 Å². The Morgan fingerprint density at radius 2 is 0.939 bits per heavy atom. The number of aromatic nitrogens is 2. The minimum Gasteiger partial charge on any atom is -0.309 e. The van der Waals surface area contributed by atoms with Crippen molar-refractivity contribution in [1.29, 1.82) is 0 Å². The average Bonchev–Trinajstić information content (AvgIpc) is 3.50. The van der Waals surface area contributed by atoms with Crippen LogP contribution in [0.4, 0.5) is 0 Å². The molecular formula is C47H30N2. The summed E-state index contributed by atoms with van der Waals surface area (Å²) in [6.07, 6.45) is 0. The Kier molecular flexibility index (Phi) is 6.22. The fourth-order valence-electron chi connectivity index (χ4n) is 7.60. The van der Waals surface area contributed by atoms with Crippen molar-refractivity contribution in [2.45, 2.75) is 0 Å². The number of hydrogen-bond acceptors (Lipinski definition) is 1. The molecule has 0 unspecified atom stereocenters. The van der Waals surface area contributed by atoms with Gasteiger partial charge in [-0.25, -0.2) is 4.98 Å². The van der Waals surface area contributed by atoms with Gasteiger partial charge in [0.25, 0.3) is 0 Å². The quantitative estimate of drug-likeness (QED) is 0.179. The monoisotopic (exact) mass is 622 g/mol. The highest BCUT2D eigenvalue weighted by atomic mass is 15.0. The van der Waals surface area contributed by atoms with Crippen LogP contribution in [0.25, 0.3) is 93.5 Å². The summed E-state index contributed by atoms with van der Waals surface area (Å²) < 4.78 is 2.41. The Morgan fingerprint density at radius 1 is 0.306 bits per heavy atom. The Morgan fingerprint density at radius 3 is 1.76 bits per heavy atom. The summed E-state index contributed by atoms with van der Waals surface area (Å²) in [6, 6.07) is 65.6. The van der Waals surface area contributed by atoms with Crippen LogP contribution in [0.5, 0.6) is 0 Å². The molecule has 0 aliphatic heterocycles. The molecule has 0 aliphatic rings. The van der Waals surface area contributed by atoms with Gasteiger partial charge in [0.05, 0.1) is 22.4 Å². The minimum absolute atomic E-state index is 0.951. The highest BCUT2D eigenvalue weighted by Crippen LogP contribution is 2.39. The van der Waals surface area contributed by atoms with Crippen molar-refractivity contribution in [3.05, 3.63) is 182 Å². The fourth-order valence-corrected chi connectivity index (χ4v) is 7.60. The van der Waals surface area contributed by atoms with Crippen molar-refractivity contribution < 1.29 is 0 Å². The molecule has 2 aromatic heterocycles. The van der Waals surface area contributed by atoms with Gasteiger partial charge in [-0.3, -0.25) is 0 Å². The molecule has 49 heavy (non-hydrogen) atoms. The van der Waals surface area contributed by atoms with Crippen LogP contribution < -0.4 is 0 Å². The molecular weight excluding hydrogens is 593 g/mol. The lowest BCUT2D eigenvalue weighted by Gasteiger charge is -2.13. The summed E-state index contributed by atoms with van der Waals surface area (Å²) in [4.78, 5) is 5.23. The molecule has 0 amide bonds. The summed E-state index contributed by atoms with van der Waals surface area (Å²) >= 11 is 0. The summed E-state index contributed by atoms with van der Waals surface area (Å²) in [5.74, 6) is 0. The molecule has 0 saturated heterocycles. The first-order valence-corrected chi connectivity index (χ1v) is 16.8. The van der Waals surface area contributed by atoms with Crippen molar-refractivity contribution in [3.63, 3.8) is 0 Å². The molecule has 0 bridgehead atoms. The van der Waals surface area contributed by atoms with E-state index >= 15 is 0 Å². The van der Waals surface area contributed by atoms with Crippen molar-refractivity contribution >= 4 is 54.1 Å². The first-order chi connectivity index (χ1) is 24.3. The molecule has 10 aromatic rings. The van der Waals surface area contributed by atoms with Crippen LogP contribution in [-0.2, 0) is 0 Å². The van der Waals surface area contributed by atoms with Gasteiger partial charge in [-0.05, 0) is 85.9 Å². The lowest BCUT2D eigenvalue weighted by Crippen LogP contribution is -1.96. The predicted octanol–water partition coefficient (Wildman–Crippen LogP) is 12.6. The van der Waals surface area contributed by atoms with Gasteiger partial charge in [-0.15, -0.1) is 0 Å². The standard InChI is InChI=1S/C47H30N2/c1-3-12-31(13-4-1)36-27-44(33-15-5-2-6-16-33)48-45(28-36)35-17-11-18-37(26-35)49-46-21-10-9-20-41(46)43-30-42-34(29-47(43)49)23-25-39-38-19-8-7-14-32(38)22-24-40(39)42/h1-30H. The third kappa shape index (κ3) is 4.53. The Labute approximate surface area is 284 Å². The van der Waals surface area contributed by atoms with Crippen LogP contribution in [0.15, 0.2) is 182 Å². The second-order valence-electron chi connectivity index (χ2n) is 12.8. The Bertz CT molecular complexity index is 2810. The van der Waals surface area contributed by atoms with E-state index in [9.17, 15) is 0 Å². The number of nitrogens with zero attached hydrogens (tertiary/aromatic N) is 2. The topological polar surface area (TPSA) is 17.8 Å². The summed E-state index contributed by atoms with van der Waals surface area (Å²) in [6.45, 7) is 0. The third-order valence-electron chi connectivity index (χ3n) is 9.94. The van der Waals surface area contributed by atoms with Crippen LogP contribution in [0.3, 0.4) is 0 Å². The number of pyridine rings is 1. The van der Waals surface area contributed by atoms with E-state index in [2.05, 4.69) is 180 Å². The summed E-state index contributed by atoms with van der Waals surface area (Å²) in [7, 11) is 0. The first kappa shape index (κ1) is 27.6. The van der Waals surface area contributed by atoms with Gasteiger partial charge in [0.15, 0.2) is 0 Å². The summed E-state index contributed by atoms with van der Waals surface area (Å²) in [5, 5.41) is 10.2. The lowest BCUT2D eigenvalue weighted by atomic mass is 9.96. The van der Waals surface area contributed by atoms with Gasteiger partial charge in [-0.1, -0.05) is 140 Å². The molecule has 0 radical (unpaired) electrons. The second kappa shape index (κ2) is 11.0. The van der Waals surface area contributed by atoms with E-state index in [1.54, 1.807) is 0 Å². The maximum absolute atomic E-state index is 5.23. The van der Waals surface area contributed by atoms with Crippen LogP contribution in [-0.4, -0.2) is 9.55 Å². The zero-order chi connectivity index (χ0) is 32.3. The zero-order valence-corrected chi connectivity index (χ0v) is 26.7. The van der Waals surface area contributed by atoms with Crippen molar-refractivity contribution in [2.24, 2.45) is 0 Å². The molecule has 0 N–H and O–H groups in total. The Hall–Kier alpha value is -6.51. The van der Waals surface area contributed by atoms with Gasteiger partial charge in [-0.2, -0.15) is 0 Å². The van der Waals surface area contributed by atoms with Gasteiger partial charge >= 0.3 is 0 Å². The largest absolute Gasteiger partial charge is 0.309 e. The molecule has 0 atom stereocenters. The minimum atomic E-state index is 0.951. The van der Waals surface area contributed by atoms with Crippen molar-refractivity contribution in [2.75, 3.05) is 0 Å². The highest BCUT2D eigenvalue weighted by Gasteiger charge is 2.16. The van der Waals surface area contributed by atoms with Gasteiger partial charge < -0.3 is 4.57 Å². The molecule has 10 rings (SSSR count). The molecule has 8 aromatic carbocycles. The molecule has 2 heterocycles. The van der Waals surface area contributed by atoms with E-state index in [-0.39, 0.29) is 0 Å². The molecule has 228 valence electrons. The van der Waals surface area contributed by atoms with E-state index < -0.39 is 0 Å². The zero-order valence-electron chi connectivity index (χ0n) is 26.7. The van der Waals surface area contributed by atoms with Crippen LogP contribution >= 0.6 is 0 Å². The smallest absolute Gasteiger partial charge is 0.0716 e. The van der Waals surface area contributed by atoms with E-state index in [1.165, 1.54) is 59.7 Å². The maximum atomic E-state index is 5.23. The second-order valence-corrected chi connectivity index (χ2v) is 12.8. The van der Waals surface area contributed by atoms with Crippen molar-refractivity contribution in [3.8, 4) is 39.3 Å². The molecule has 2 heteroatoms. The molecule has 0 saturated carbocycles. The summed E-state index contributed by atoms with van der Waals surface area (Å²) in [5.41, 5.74) is 9.93. The normalized spacial score (nSPS) is 11.7. The van der Waals surface area contributed by atoms with Gasteiger partial charge in [0.2, 0.25) is 0 Å². The number of benzene rings is 8. The SMILES string of the molecule is c1ccc(-c2cc(-c3ccccc3)nc(-c3cccc(-n4c5ccccc5c5cc6c(ccc7c8ccccc8ccc67)cc54)c3)c2)cc1. The average molecular weight is 623 g/mol. The molecule has 0 aliphatic carbocycles. The van der Waals surface area contributed by atoms with Crippen LogP contribution in [0.1, 0.15) is 0 Å². The van der Waals surface area contributed by atoms with E-state index in [4.69, 9.17) is 4.98 Å². The van der Waals surface area contributed by atoms with Gasteiger partial charge in [0, 0.05) is 27.6 Å². The fraction of sp³-hybridized carbons (Fsp3) is 0. The molecule has 0 spiro atoms. The van der Waals surface area contributed by atoms with E-state index in [1.807, 2.05) is 6.07 Å². The first-order valence-electron chi connectivity index (χ1n) is 16.8. The maximum Gasteiger partial charge on any atom is 0.0716 e. The number of hydrogen-bond donors (Lipinski definition) is 0. The Balaban J connectivity index is 1.19. The number of fused-ring (bicyclic) bond motifs is 8. The predicted molar refractivity (Wildman–Crippen MR) is 207 cm³/mol. The van der Waals surface area contributed by atoms with Crippen LogP contribution in [0.2, 0.25) is 0 Å². The van der Waals surface area contributed by atoms with Crippen LogP contribution in [0, 0.1) is 0 Å².